The molecule has 0 aromatic heterocycles. The van der Waals surface area contributed by atoms with Crippen LogP contribution in [0.5, 0.6) is 0 Å². The van der Waals surface area contributed by atoms with E-state index in [0.29, 0.717) is 18.0 Å². The highest BCUT2D eigenvalue weighted by Gasteiger charge is 2.28. The van der Waals surface area contributed by atoms with E-state index in [0.717, 1.165) is 44.8 Å². The van der Waals surface area contributed by atoms with Crippen molar-refractivity contribution in [1.82, 2.24) is 4.90 Å². The van der Waals surface area contributed by atoms with Crippen molar-refractivity contribution < 1.29 is 9.53 Å². The van der Waals surface area contributed by atoms with Gasteiger partial charge in [0.2, 0.25) is 0 Å². The van der Waals surface area contributed by atoms with E-state index in [1.165, 1.54) is 12.8 Å². The van der Waals surface area contributed by atoms with E-state index in [4.69, 9.17) is 22.7 Å². The lowest BCUT2D eigenvalue weighted by molar-refractivity contribution is -0.143. The number of rotatable bonds is 11. The van der Waals surface area contributed by atoms with E-state index in [1.807, 2.05) is 6.92 Å². The predicted octanol–water partition coefficient (Wildman–Crippen LogP) is 2.25. The van der Waals surface area contributed by atoms with Crippen LogP contribution in [-0.4, -0.2) is 41.6 Å². The number of ether oxygens (including phenoxy) is 1. The number of unbranched alkanes of at least 4 members (excludes halogenated alkanes) is 2. The van der Waals surface area contributed by atoms with Crippen LogP contribution in [0.4, 0.5) is 0 Å². The van der Waals surface area contributed by atoms with Crippen molar-refractivity contribution in [2.45, 2.75) is 57.9 Å². The van der Waals surface area contributed by atoms with Crippen LogP contribution in [0.2, 0.25) is 0 Å². The molecule has 0 heterocycles. The molecule has 110 valence electrons. The average molecular weight is 286 g/mol. The molecule has 0 aromatic rings. The van der Waals surface area contributed by atoms with Crippen LogP contribution in [0.15, 0.2) is 0 Å². The van der Waals surface area contributed by atoms with Crippen molar-refractivity contribution in [1.29, 1.82) is 0 Å². The maximum absolute atomic E-state index is 11.2. The zero-order valence-corrected chi connectivity index (χ0v) is 12.7. The minimum Gasteiger partial charge on any atom is -0.466 e. The maximum Gasteiger partial charge on any atom is 0.305 e. The van der Waals surface area contributed by atoms with Gasteiger partial charge in [-0.2, -0.15) is 0 Å². The third kappa shape index (κ3) is 8.16. The molecule has 1 rings (SSSR count). The predicted molar refractivity (Wildman–Crippen MR) is 81.1 cm³/mol. The first-order valence-corrected chi connectivity index (χ1v) is 7.72. The number of carbonyl (C=O) groups is 1. The van der Waals surface area contributed by atoms with E-state index in [-0.39, 0.29) is 5.97 Å². The van der Waals surface area contributed by atoms with Gasteiger partial charge >= 0.3 is 5.97 Å². The van der Waals surface area contributed by atoms with E-state index in [2.05, 4.69) is 4.90 Å². The fourth-order valence-electron chi connectivity index (χ4n) is 2.16. The lowest BCUT2D eigenvalue weighted by Gasteiger charge is -2.21. The Kier molecular flexibility index (Phi) is 7.98. The van der Waals surface area contributed by atoms with Gasteiger partial charge < -0.3 is 10.5 Å². The molecule has 19 heavy (non-hydrogen) atoms. The molecule has 0 aromatic carbocycles. The van der Waals surface area contributed by atoms with Crippen molar-refractivity contribution >= 4 is 23.2 Å². The standard InChI is InChI=1S/C14H26N2O2S/c1-2-18-14(17)6-4-3-5-10-16(12-7-8-12)11-9-13(15)19/h12H,2-11H2,1H3,(H2,15,19). The summed E-state index contributed by atoms with van der Waals surface area (Å²) in [4.78, 5) is 14.3. The van der Waals surface area contributed by atoms with Gasteiger partial charge in [-0.05, 0) is 39.2 Å². The Labute approximate surface area is 121 Å². The summed E-state index contributed by atoms with van der Waals surface area (Å²) in [7, 11) is 0. The Balaban J connectivity index is 2.05. The molecule has 0 unspecified atom stereocenters. The number of carbonyl (C=O) groups excluding carboxylic acids is 1. The normalized spacial score (nSPS) is 14.6. The van der Waals surface area contributed by atoms with Gasteiger partial charge in [-0.1, -0.05) is 18.6 Å². The smallest absolute Gasteiger partial charge is 0.305 e. The number of thiocarbonyl (C=S) groups is 1. The highest BCUT2D eigenvalue weighted by Crippen LogP contribution is 2.27. The van der Waals surface area contributed by atoms with Crippen LogP contribution in [-0.2, 0) is 9.53 Å². The molecule has 4 nitrogen and oxygen atoms in total. The number of nitrogens with two attached hydrogens (primary N) is 1. The maximum atomic E-state index is 11.2. The number of nitrogens with zero attached hydrogens (tertiary/aromatic N) is 1. The summed E-state index contributed by atoms with van der Waals surface area (Å²) >= 11 is 4.93. The summed E-state index contributed by atoms with van der Waals surface area (Å²) in [6, 6.07) is 0.749. The average Bonchev–Trinajstić information content (AvgIpc) is 3.16. The molecule has 0 saturated heterocycles. The lowest BCUT2D eigenvalue weighted by Crippen LogP contribution is -2.30. The molecule has 1 aliphatic carbocycles. The number of hydrogen-bond donors (Lipinski definition) is 1. The van der Waals surface area contributed by atoms with Gasteiger partial charge in [0.15, 0.2) is 0 Å². The fourth-order valence-corrected chi connectivity index (χ4v) is 2.26. The third-order valence-electron chi connectivity index (χ3n) is 3.34. The Bertz CT molecular complexity index is 293. The summed E-state index contributed by atoms with van der Waals surface area (Å²) in [5.74, 6) is -0.0740. The molecule has 0 aliphatic heterocycles. The molecule has 1 saturated carbocycles. The highest BCUT2D eigenvalue weighted by atomic mass is 32.1. The first-order chi connectivity index (χ1) is 9.13. The van der Waals surface area contributed by atoms with E-state index >= 15 is 0 Å². The second-order valence-corrected chi connectivity index (χ2v) is 5.62. The summed E-state index contributed by atoms with van der Waals surface area (Å²) in [6.07, 6.45) is 7.11. The molecule has 0 amide bonds. The summed E-state index contributed by atoms with van der Waals surface area (Å²) in [5, 5.41) is 0. The van der Waals surface area contributed by atoms with Crippen molar-refractivity contribution in [2.24, 2.45) is 5.73 Å². The molecule has 1 aliphatic rings. The van der Waals surface area contributed by atoms with Crippen LogP contribution >= 0.6 is 12.2 Å². The van der Waals surface area contributed by atoms with Gasteiger partial charge in [0, 0.05) is 25.4 Å². The van der Waals surface area contributed by atoms with E-state index < -0.39 is 0 Å². The van der Waals surface area contributed by atoms with Crippen LogP contribution in [0.3, 0.4) is 0 Å². The molecule has 0 spiro atoms. The zero-order valence-electron chi connectivity index (χ0n) is 11.9. The SMILES string of the molecule is CCOC(=O)CCCCCN(CCC(N)=S)C1CC1. The van der Waals surface area contributed by atoms with E-state index in [9.17, 15) is 4.79 Å². The van der Waals surface area contributed by atoms with Gasteiger partial charge in [-0.25, -0.2) is 0 Å². The Morgan fingerprint density at radius 1 is 1.26 bits per heavy atom. The molecule has 0 atom stereocenters. The Hall–Kier alpha value is -0.680. The highest BCUT2D eigenvalue weighted by molar-refractivity contribution is 7.80. The van der Waals surface area contributed by atoms with E-state index in [1.54, 1.807) is 0 Å². The molecule has 1 fully saturated rings. The first-order valence-electron chi connectivity index (χ1n) is 7.31. The van der Waals surface area contributed by atoms with Crippen molar-refractivity contribution in [3.8, 4) is 0 Å². The Morgan fingerprint density at radius 2 is 2.00 bits per heavy atom. The zero-order chi connectivity index (χ0) is 14.1. The van der Waals surface area contributed by atoms with Crippen LogP contribution < -0.4 is 5.73 Å². The lowest BCUT2D eigenvalue weighted by atomic mass is 10.2. The summed E-state index contributed by atoms with van der Waals surface area (Å²) in [5.41, 5.74) is 5.55. The van der Waals surface area contributed by atoms with Crippen molar-refractivity contribution in [3.63, 3.8) is 0 Å². The molecule has 5 heteroatoms. The summed E-state index contributed by atoms with van der Waals surface area (Å²) in [6.45, 7) is 4.40. The molecular formula is C14H26N2O2S. The summed E-state index contributed by atoms with van der Waals surface area (Å²) < 4.78 is 4.91. The second-order valence-electron chi connectivity index (χ2n) is 5.10. The van der Waals surface area contributed by atoms with Gasteiger partial charge in [0.25, 0.3) is 0 Å². The minimum atomic E-state index is -0.0740. The van der Waals surface area contributed by atoms with Gasteiger partial charge in [-0.15, -0.1) is 0 Å². The Morgan fingerprint density at radius 3 is 2.58 bits per heavy atom. The largest absolute Gasteiger partial charge is 0.466 e. The molecule has 2 N–H and O–H groups in total. The molecular weight excluding hydrogens is 260 g/mol. The first kappa shape index (κ1) is 16.4. The van der Waals surface area contributed by atoms with Gasteiger partial charge in [-0.3, -0.25) is 9.69 Å². The molecule has 0 radical (unpaired) electrons. The van der Waals surface area contributed by atoms with Crippen molar-refractivity contribution in [3.05, 3.63) is 0 Å². The monoisotopic (exact) mass is 286 g/mol. The number of hydrogen-bond acceptors (Lipinski definition) is 4. The topological polar surface area (TPSA) is 55.6 Å². The quantitative estimate of drug-likeness (QED) is 0.359. The van der Waals surface area contributed by atoms with Gasteiger partial charge in [0.1, 0.15) is 0 Å². The van der Waals surface area contributed by atoms with Crippen LogP contribution in [0, 0.1) is 0 Å². The minimum absolute atomic E-state index is 0.0740. The van der Waals surface area contributed by atoms with Crippen molar-refractivity contribution in [2.75, 3.05) is 19.7 Å². The second kappa shape index (κ2) is 9.26. The van der Waals surface area contributed by atoms with Crippen LogP contribution in [0.1, 0.15) is 51.9 Å². The molecule has 0 bridgehead atoms. The fraction of sp³-hybridized carbons (Fsp3) is 0.857. The number of esters is 1. The van der Waals surface area contributed by atoms with Crippen LogP contribution in [0.25, 0.3) is 0 Å². The third-order valence-corrected chi connectivity index (χ3v) is 3.54. The van der Waals surface area contributed by atoms with Gasteiger partial charge in [0.05, 0.1) is 11.6 Å².